The second kappa shape index (κ2) is 35.4. The van der Waals surface area contributed by atoms with Crippen molar-refractivity contribution in [2.45, 2.75) is 205 Å². The Labute approximate surface area is 350 Å². The molecule has 0 radical (unpaired) electrons. The number of unbranched alkanes of at least 4 members (excludes halogenated alkanes) is 16. The molecule has 1 aliphatic rings. The Hall–Kier alpha value is -2.39. The van der Waals surface area contributed by atoms with E-state index in [1.54, 1.807) is 0 Å². The summed E-state index contributed by atoms with van der Waals surface area (Å²) >= 11 is 0. The maximum absolute atomic E-state index is 12.8. The Morgan fingerprint density at radius 1 is 0.603 bits per heavy atom. The number of aliphatic hydroxyl groups is 3. The highest BCUT2D eigenvalue weighted by Gasteiger charge is 2.46. The minimum absolute atomic E-state index is 0.140. The maximum Gasteiger partial charge on any atom is 0.306 e. The third-order valence-corrected chi connectivity index (χ3v) is 10.6. The summed E-state index contributed by atoms with van der Waals surface area (Å²) in [6.45, 7) is 3.61. The van der Waals surface area contributed by atoms with E-state index in [0.717, 1.165) is 70.6 Å². The molecule has 0 aromatic rings. The van der Waals surface area contributed by atoms with E-state index in [9.17, 15) is 37.9 Å². The Morgan fingerprint density at radius 3 is 1.67 bits per heavy atom. The summed E-state index contributed by atoms with van der Waals surface area (Å²) in [6, 6.07) is 0. The zero-order chi connectivity index (χ0) is 42.7. The second-order valence-electron chi connectivity index (χ2n) is 15.3. The van der Waals surface area contributed by atoms with E-state index in [0.29, 0.717) is 12.8 Å². The van der Waals surface area contributed by atoms with Crippen molar-refractivity contribution < 1.29 is 56.8 Å². The van der Waals surface area contributed by atoms with Gasteiger partial charge in [0.1, 0.15) is 36.8 Å². The number of esters is 2. The van der Waals surface area contributed by atoms with Gasteiger partial charge in [-0.3, -0.25) is 14.1 Å². The van der Waals surface area contributed by atoms with Gasteiger partial charge < -0.3 is 34.3 Å². The molecule has 0 amide bonds. The van der Waals surface area contributed by atoms with Gasteiger partial charge in [-0.2, -0.15) is 8.42 Å². The van der Waals surface area contributed by atoms with Crippen molar-refractivity contribution in [3.8, 4) is 0 Å². The van der Waals surface area contributed by atoms with Gasteiger partial charge in [0, 0.05) is 12.8 Å². The predicted molar refractivity (Wildman–Crippen MR) is 229 cm³/mol. The fourth-order valence-electron chi connectivity index (χ4n) is 6.45. The molecule has 1 aliphatic heterocycles. The van der Waals surface area contributed by atoms with Crippen LogP contribution >= 0.6 is 0 Å². The van der Waals surface area contributed by atoms with Gasteiger partial charge in [0.25, 0.3) is 10.1 Å². The van der Waals surface area contributed by atoms with Crippen LogP contribution in [0.1, 0.15) is 168 Å². The third kappa shape index (κ3) is 29.8. The van der Waals surface area contributed by atoms with E-state index in [2.05, 4.69) is 62.5 Å². The molecule has 0 aromatic carbocycles. The molecule has 0 aromatic heterocycles. The minimum atomic E-state index is -4.61. The van der Waals surface area contributed by atoms with E-state index in [1.165, 1.54) is 57.8 Å². The molecule has 1 rings (SSSR count). The molecule has 0 bridgehead atoms. The van der Waals surface area contributed by atoms with Crippen LogP contribution < -0.4 is 0 Å². The molecule has 1 fully saturated rings. The fourth-order valence-corrected chi connectivity index (χ4v) is 7.14. The summed E-state index contributed by atoms with van der Waals surface area (Å²) in [6.07, 6.45) is 31.6. The van der Waals surface area contributed by atoms with Crippen molar-refractivity contribution in [1.29, 1.82) is 0 Å². The number of allylic oxidation sites excluding steroid dienone is 8. The summed E-state index contributed by atoms with van der Waals surface area (Å²) < 4.78 is 54.0. The summed E-state index contributed by atoms with van der Waals surface area (Å²) in [5, 5.41) is 30.8. The molecule has 0 saturated carbocycles. The van der Waals surface area contributed by atoms with Crippen molar-refractivity contribution in [1.82, 2.24) is 0 Å². The van der Waals surface area contributed by atoms with Crippen LogP contribution in [0.2, 0.25) is 0 Å². The number of rotatable bonds is 36. The van der Waals surface area contributed by atoms with Crippen molar-refractivity contribution >= 4 is 22.1 Å². The van der Waals surface area contributed by atoms with Gasteiger partial charge >= 0.3 is 11.9 Å². The van der Waals surface area contributed by atoms with Gasteiger partial charge in [0.05, 0.1) is 6.61 Å². The highest BCUT2D eigenvalue weighted by Crippen LogP contribution is 2.24. The second-order valence-corrected chi connectivity index (χ2v) is 16.8. The molecular weight excluding hydrogens is 765 g/mol. The maximum atomic E-state index is 12.8. The summed E-state index contributed by atoms with van der Waals surface area (Å²) in [5.41, 5.74) is 0. The summed E-state index contributed by atoms with van der Waals surface area (Å²) in [4.78, 5) is 25.4. The first kappa shape index (κ1) is 53.6. The third-order valence-electron chi connectivity index (χ3n) is 9.89. The summed E-state index contributed by atoms with van der Waals surface area (Å²) in [5.74, 6) is -2.04. The van der Waals surface area contributed by atoms with Crippen LogP contribution in [0.15, 0.2) is 48.6 Å². The molecule has 4 N–H and O–H groups in total. The molecule has 6 atom stereocenters. The fraction of sp³-hybridized carbons (Fsp3) is 0.778. The first-order valence-corrected chi connectivity index (χ1v) is 23.8. The SMILES string of the molecule is CC/C=C/C/C=C/C/C=C/CCCCCCCC(=O)O[C@H](COC(=O)CCCC/C=C/CCCCCCCCCCC)CO[C@H]1O[C@H](CS(=O)(=O)O)[C@@H](O)C(O)C1O. The molecule has 1 saturated heterocycles. The van der Waals surface area contributed by atoms with Crippen LogP contribution in [-0.2, 0) is 38.7 Å². The lowest BCUT2D eigenvalue weighted by molar-refractivity contribution is -0.297. The molecule has 58 heavy (non-hydrogen) atoms. The largest absolute Gasteiger partial charge is 0.462 e. The van der Waals surface area contributed by atoms with Gasteiger partial charge in [0.15, 0.2) is 12.4 Å². The van der Waals surface area contributed by atoms with Gasteiger partial charge in [-0.05, 0) is 70.6 Å². The number of ether oxygens (including phenoxy) is 4. The minimum Gasteiger partial charge on any atom is -0.462 e. The van der Waals surface area contributed by atoms with E-state index in [1.807, 2.05) is 0 Å². The van der Waals surface area contributed by atoms with Gasteiger partial charge in [0.2, 0.25) is 0 Å². The topological polar surface area (TPSA) is 186 Å². The molecule has 1 heterocycles. The zero-order valence-corrected chi connectivity index (χ0v) is 36.5. The number of hydrogen-bond acceptors (Lipinski definition) is 11. The predicted octanol–water partition coefficient (Wildman–Crippen LogP) is 8.78. The van der Waals surface area contributed by atoms with E-state index >= 15 is 0 Å². The van der Waals surface area contributed by atoms with Crippen LogP contribution in [0, 0.1) is 0 Å². The molecule has 0 aliphatic carbocycles. The first-order chi connectivity index (χ1) is 28.0. The lowest BCUT2D eigenvalue weighted by atomic mass is 10.00. The number of carbonyl (C=O) groups excluding carboxylic acids is 2. The smallest absolute Gasteiger partial charge is 0.306 e. The number of aliphatic hydroxyl groups excluding tert-OH is 3. The van der Waals surface area contributed by atoms with Gasteiger partial charge in [-0.15, -0.1) is 0 Å². The van der Waals surface area contributed by atoms with Crippen molar-refractivity contribution in [2.75, 3.05) is 19.0 Å². The lowest BCUT2D eigenvalue weighted by Crippen LogP contribution is -2.60. The summed E-state index contributed by atoms with van der Waals surface area (Å²) in [7, 11) is -4.61. The first-order valence-electron chi connectivity index (χ1n) is 22.2. The molecule has 13 heteroatoms. The van der Waals surface area contributed by atoms with Gasteiger partial charge in [-0.1, -0.05) is 133 Å². The van der Waals surface area contributed by atoms with Crippen LogP contribution in [0.25, 0.3) is 0 Å². The van der Waals surface area contributed by atoms with E-state index < -0.39 is 71.2 Å². The van der Waals surface area contributed by atoms with E-state index in [-0.39, 0.29) is 19.4 Å². The Balaban J connectivity index is 2.49. The Bertz CT molecular complexity index is 1260. The molecule has 0 spiro atoms. The highest BCUT2D eigenvalue weighted by molar-refractivity contribution is 7.85. The molecular formula is C45H78O12S. The average Bonchev–Trinajstić information content (AvgIpc) is 3.18. The molecule has 2 unspecified atom stereocenters. The Kier molecular flexibility index (Phi) is 32.7. The quantitative estimate of drug-likeness (QED) is 0.0204. The normalized spacial score (nSPS) is 20.8. The van der Waals surface area contributed by atoms with Gasteiger partial charge in [-0.25, -0.2) is 0 Å². The monoisotopic (exact) mass is 843 g/mol. The molecule has 336 valence electrons. The number of hydrogen-bond donors (Lipinski definition) is 4. The van der Waals surface area contributed by atoms with Crippen LogP contribution in [0.3, 0.4) is 0 Å². The van der Waals surface area contributed by atoms with Crippen molar-refractivity contribution in [2.24, 2.45) is 0 Å². The Morgan fingerprint density at radius 2 is 1.09 bits per heavy atom. The lowest BCUT2D eigenvalue weighted by Gasteiger charge is -2.40. The van der Waals surface area contributed by atoms with Crippen molar-refractivity contribution in [3.63, 3.8) is 0 Å². The van der Waals surface area contributed by atoms with Crippen molar-refractivity contribution in [3.05, 3.63) is 48.6 Å². The van der Waals surface area contributed by atoms with Crippen LogP contribution in [0.4, 0.5) is 0 Å². The number of carbonyl (C=O) groups is 2. The standard InChI is InChI=1S/C45H78O12S/c1-3-5-7-9-11-13-15-17-19-21-23-25-27-29-31-33-40(46)54-35-38(36-55-45-44(50)43(49)42(48)39(57-45)37-58(51,52)53)56-41(47)34-32-30-28-26-24-22-20-18-16-14-12-10-8-6-4-2/h6,8,12,14,18,20,23,25,38-39,42-45,48-50H,3-5,7,9-11,13,15-17,19,21-22,24,26-37H2,1-2H3,(H,51,52,53)/b8-6+,14-12+,20-18+,25-23+/t38-,39-,42-,43?,44?,45+/m1/s1. The van der Waals surface area contributed by atoms with Crippen LogP contribution in [-0.4, -0.2) is 96.0 Å². The molecule has 12 nitrogen and oxygen atoms in total. The zero-order valence-electron chi connectivity index (χ0n) is 35.6. The highest BCUT2D eigenvalue weighted by atomic mass is 32.2. The average molecular weight is 843 g/mol. The van der Waals surface area contributed by atoms with E-state index in [4.69, 9.17) is 18.9 Å². The van der Waals surface area contributed by atoms with Crippen LogP contribution in [0.5, 0.6) is 0 Å².